The van der Waals surface area contributed by atoms with Crippen molar-refractivity contribution in [1.29, 1.82) is 0 Å². The van der Waals surface area contributed by atoms with E-state index in [1.807, 2.05) is 25.3 Å². The first kappa shape index (κ1) is 14.2. The maximum absolute atomic E-state index is 10.6. The van der Waals surface area contributed by atoms with Crippen LogP contribution in [0.4, 0.5) is 11.5 Å². The molecule has 0 amide bonds. The maximum atomic E-state index is 10.6. The lowest BCUT2D eigenvalue weighted by atomic mass is 10.2. The molecule has 2 aromatic heterocycles. The van der Waals surface area contributed by atoms with E-state index in [4.69, 9.17) is 11.6 Å². The van der Waals surface area contributed by atoms with Gasteiger partial charge in [0.2, 0.25) is 0 Å². The van der Waals surface area contributed by atoms with Gasteiger partial charge in [-0.25, -0.2) is 4.98 Å². The van der Waals surface area contributed by atoms with Crippen LogP contribution in [0.3, 0.4) is 0 Å². The lowest BCUT2D eigenvalue weighted by Crippen LogP contribution is -2.07. The number of nitrogens with one attached hydrogen (secondary N) is 1. The van der Waals surface area contributed by atoms with Crippen molar-refractivity contribution in [1.82, 2.24) is 9.97 Å². The average Bonchev–Trinajstić information content (AvgIpc) is 2.42. The highest BCUT2D eigenvalue weighted by Crippen LogP contribution is 2.23. The molecule has 6 nitrogen and oxygen atoms in total. The molecule has 0 aliphatic rings. The first-order chi connectivity index (χ1) is 9.56. The summed E-state index contributed by atoms with van der Waals surface area (Å²) in [7, 11) is 0. The number of hydrogen-bond donors (Lipinski definition) is 1. The van der Waals surface area contributed by atoms with Crippen LogP contribution < -0.4 is 5.32 Å². The van der Waals surface area contributed by atoms with Gasteiger partial charge in [0.25, 0.3) is 5.69 Å². The molecule has 0 atom stereocenters. The standard InChI is InChI=1S/C13H13ClN4O2/c1-9-2-3-10(7-16-9)4-5-15-13-12(14)6-11(8-17-13)18(19)20/h2-3,6-8H,4-5H2,1H3,(H,15,17). The Kier molecular flexibility index (Phi) is 4.47. The van der Waals surface area contributed by atoms with Gasteiger partial charge in [-0.3, -0.25) is 15.1 Å². The van der Waals surface area contributed by atoms with E-state index in [-0.39, 0.29) is 10.7 Å². The zero-order valence-corrected chi connectivity index (χ0v) is 11.6. The zero-order valence-electron chi connectivity index (χ0n) is 10.8. The predicted molar refractivity (Wildman–Crippen MR) is 77.1 cm³/mol. The van der Waals surface area contributed by atoms with E-state index in [1.54, 1.807) is 0 Å². The third-order valence-electron chi connectivity index (χ3n) is 2.72. The highest BCUT2D eigenvalue weighted by molar-refractivity contribution is 6.33. The summed E-state index contributed by atoms with van der Waals surface area (Å²) in [5, 5.41) is 13.9. The molecule has 2 heterocycles. The summed E-state index contributed by atoms with van der Waals surface area (Å²) in [5.74, 6) is 0.442. The van der Waals surface area contributed by atoms with Gasteiger partial charge in [-0.2, -0.15) is 0 Å². The number of nitro groups is 1. The fraction of sp³-hybridized carbons (Fsp3) is 0.231. The molecule has 0 saturated heterocycles. The van der Waals surface area contributed by atoms with Crippen molar-refractivity contribution in [2.24, 2.45) is 0 Å². The zero-order chi connectivity index (χ0) is 14.5. The molecule has 2 rings (SSSR count). The summed E-state index contributed by atoms with van der Waals surface area (Å²) < 4.78 is 0. The van der Waals surface area contributed by atoms with Gasteiger partial charge < -0.3 is 5.32 Å². The average molecular weight is 293 g/mol. The molecule has 0 unspecified atom stereocenters. The van der Waals surface area contributed by atoms with E-state index < -0.39 is 4.92 Å². The minimum atomic E-state index is -0.527. The summed E-state index contributed by atoms with van der Waals surface area (Å²) >= 11 is 5.93. The second-order valence-corrected chi connectivity index (χ2v) is 4.67. The molecule has 1 N–H and O–H groups in total. The molecular weight excluding hydrogens is 280 g/mol. The molecule has 0 fully saturated rings. The first-order valence-electron chi connectivity index (χ1n) is 6.01. The van der Waals surface area contributed by atoms with Gasteiger partial charge in [0.05, 0.1) is 9.95 Å². The van der Waals surface area contributed by atoms with Crippen LogP contribution in [0.2, 0.25) is 5.02 Å². The molecule has 0 aliphatic carbocycles. The normalized spacial score (nSPS) is 10.3. The smallest absolute Gasteiger partial charge is 0.289 e. The fourth-order valence-electron chi connectivity index (χ4n) is 1.63. The molecule has 20 heavy (non-hydrogen) atoms. The summed E-state index contributed by atoms with van der Waals surface area (Å²) in [4.78, 5) is 18.2. The molecule has 0 saturated carbocycles. The van der Waals surface area contributed by atoms with E-state index in [1.165, 1.54) is 12.3 Å². The van der Waals surface area contributed by atoms with E-state index in [2.05, 4.69) is 15.3 Å². The molecule has 0 aliphatic heterocycles. The molecule has 0 aromatic carbocycles. The Labute approximate surface area is 121 Å². The van der Waals surface area contributed by atoms with Gasteiger partial charge in [-0.1, -0.05) is 17.7 Å². The number of pyridine rings is 2. The molecule has 0 bridgehead atoms. The van der Waals surface area contributed by atoms with E-state index in [9.17, 15) is 10.1 Å². The van der Waals surface area contributed by atoms with Crippen molar-refractivity contribution in [3.63, 3.8) is 0 Å². The summed E-state index contributed by atoms with van der Waals surface area (Å²) in [6.45, 7) is 2.55. The Bertz CT molecular complexity index is 616. The fourth-order valence-corrected chi connectivity index (χ4v) is 1.86. The number of halogens is 1. The third kappa shape index (κ3) is 3.64. The van der Waals surface area contributed by atoms with Gasteiger partial charge in [0, 0.05) is 24.5 Å². The van der Waals surface area contributed by atoms with Crippen LogP contribution in [-0.2, 0) is 6.42 Å². The van der Waals surface area contributed by atoms with Crippen LogP contribution in [0.15, 0.2) is 30.6 Å². The van der Waals surface area contributed by atoms with Gasteiger partial charge in [-0.15, -0.1) is 0 Å². The van der Waals surface area contributed by atoms with Crippen molar-refractivity contribution in [3.05, 3.63) is 57.0 Å². The number of rotatable bonds is 5. The topological polar surface area (TPSA) is 81.0 Å². The van der Waals surface area contributed by atoms with Gasteiger partial charge in [-0.05, 0) is 25.0 Å². The number of hydrogen-bond acceptors (Lipinski definition) is 5. The highest BCUT2D eigenvalue weighted by Gasteiger charge is 2.10. The van der Waals surface area contributed by atoms with Gasteiger partial charge in [0.1, 0.15) is 12.0 Å². The van der Waals surface area contributed by atoms with E-state index in [0.717, 1.165) is 17.7 Å². The summed E-state index contributed by atoms with van der Waals surface area (Å²) in [6, 6.07) is 5.24. The molecule has 0 spiro atoms. The minimum absolute atomic E-state index is 0.122. The number of aromatic nitrogens is 2. The second-order valence-electron chi connectivity index (χ2n) is 4.27. The van der Waals surface area contributed by atoms with E-state index in [0.29, 0.717) is 12.4 Å². The Balaban J connectivity index is 1.94. The SMILES string of the molecule is Cc1ccc(CCNc2ncc([N+](=O)[O-])cc2Cl)cn1. The van der Waals surface area contributed by atoms with Crippen LogP contribution in [-0.4, -0.2) is 21.4 Å². The monoisotopic (exact) mass is 292 g/mol. The van der Waals surface area contributed by atoms with Crippen molar-refractivity contribution in [2.45, 2.75) is 13.3 Å². The van der Waals surface area contributed by atoms with Crippen LogP contribution in [0, 0.1) is 17.0 Å². The summed E-state index contributed by atoms with van der Waals surface area (Å²) in [5.41, 5.74) is 1.95. The quantitative estimate of drug-likeness (QED) is 0.677. The molecular formula is C13H13ClN4O2. The lowest BCUT2D eigenvalue weighted by Gasteiger charge is -2.07. The number of nitrogens with zero attached hydrogens (tertiary/aromatic N) is 3. The van der Waals surface area contributed by atoms with Crippen molar-refractivity contribution < 1.29 is 4.92 Å². The molecule has 104 valence electrons. The Morgan fingerprint density at radius 3 is 2.75 bits per heavy atom. The van der Waals surface area contributed by atoms with Crippen LogP contribution in [0.25, 0.3) is 0 Å². The molecule has 7 heteroatoms. The van der Waals surface area contributed by atoms with Crippen LogP contribution in [0.5, 0.6) is 0 Å². The lowest BCUT2D eigenvalue weighted by molar-refractivity contribution is -0.385. The van der Waals surface area contributed by atoms with Crippen LogP contribution >= 0.6 is 11.6 Å². The minimum Gasteiger partial charge on any atom is -0.368 e. The highest BCUT2D eigenvalue weighted by atomic mass is 35.5. The molecule has 0 radical (unpaired) electrons. The maximum Gasteiger partial charge on any atom is 0.289 e. The Hall–Kier alpha value is -2.21. The Morgan fingerprint density at radius 2 is 2.15 bits per heavy atom. The number of aryl methyl sites for hydroxylation is 1. The first-order valence-corrected chi connectivity index (χ1v) is 6.39. The Morgan fingerprint density at radius 1 is 1.35 bits per heavy atom. The largest absolute Gasteiger partial charge is 0.368 e. The van der Waals surface area contributed by atoms with E-state index >= 15 is 0 Å². The van der Waals surface area contributed by atoms with Gasteiger partial charge in [0.15, 0.2) is 0 Å². The van der Waals surface area contributed by atoms with Gasteiger partial charge >= 0.3 is 0 Å². The van der Waals surface area contributed by atoms with Crippen LogP contribution in [0.1, 0.15) is 11.3 Å². The van der Waals surface area contributed by atoms with Crippen molar-refractivity contribution in [3.8, 4) is 0 Å². The summed E-state index contributed by atoms with van der Waals surface area (Å²) in [6.07, 6.45) is 3.77. The predicted octanol–water partition coefficient (Wildman–Crippen LogP) is 3.00. The second kappa shape index (κ2) is 6.29. The van der Waals surface area contributed by atoms with Crippen molar-refractivity contribution in [2.75, 3.05) is 11.9 Å². The molecule has 2 aromatic rings. The number of anilines is 1. The third-order valence-corrected chi connectivity index (χ3v) is 3.00. The van der Waals surface area contributed by atoms with Crippen molar-refractivity contribution >= 4 is 23.1 Å².